The topological polar surface area (TPSA) is 60.2 Å². The zero-order valence-electron chi connectivity index (χ0n) is 20.5. The molecular weight excluding hydrogens is 312 g/mol. The highest BCUT2D eigenvalue weighted by molar-refractivity contribution is 9.10. The highest BCUT2D eigenvalue weighted by atomic mass is 79.9. The smallest absolute Gasteiger partial charge is 0.410 e. The SMILES string of the molecule is [2H]c1nn(C2([2H])C([2H])([2H])C([2H])([2H])N(C(=O)OC(C)(C)C)C([2H])([2H])C2([2H])[2H])nc1Br. The average Bonchev–Trinajstić information content (AvgIpc) is 2.81. The molecule has 7 heteroatoms. The lowest BCUT2D eigenvalue weighted by molar-refractivity contribution is 0.0180. The number of rotatable bonds is 1. The molecule has 1 saturated heterocycles. The van der Waals surface area contributed by atoms with Gasteiger partial charge in [0.25, 0.3) is 0 Å². The summed E-state index contributed by atoms with van der Waals surface area (Å²) < 4.78 is 86.5. The molecular formula is C12H19BrN4O2. The van der Waals surface area contributed by atoms with Gasteiger partial charge in [-0.15, -0.1) is 5.10 Å². The number of amides is 1. The van der Waals surface area contributed by atoms with E-state index < -0.39 is 49.6 Å². The summed E-state index contributed by atoms with van der Waals surface area (Å²) in [4.78, 5) is 12.4. The maximum atomic E-state index is 12.6. The van der Waals surface area contributed by atoms with Crippen LogP contribution in [0.1, 0.15) is 53.2 Å². The molecule has 0 N–H and O–H groups in total. The van der Waals surface area contributed by atoms with Crippen molar-refractivity contribution in [2.24, 2.45) is 0 Å². The van der Waals surface area contributed by atoms with Crippen LogP contribution in [0, 0.1) is 0 Å². The van der Waals surface area contributed by atoms with Crippen LogP contribution in [0.2, 0.25) is 0 Å². The average molecular weight is 341 g/mol. The summed E-state index contributed by atoms with van der Waals surface area (Å²) in [6.45, 7) is -2.90. The number of hydrogen-bond acceptors (Lipinski definition) is 4. The third-order valence-corrected chi connectivity index (χ3v) is 2.10. The molecule has 106 valence electrons. The summed E-state index contributed by atoms with van der Waals surface area (Å²) in [6.07, 6.45) is -9.44. The minimum Gasteiger partial charge on any atom is -0.444 e. The third-order valence-electron chi connectivity index (χ3n) is 1.77. The van der Waals surface area contributed by atoms with E-state index in [1.165, 1.54) is 20.8 Å². The van der Waals surface area contributed by atoms with E-state index in [9.17, 15) is 4.79 Å². The van der Waals surface area contributed by atoms with Gasteiger partial charge in [-0.2, -0.15) is 9.90 Å². The molecule has 1 aromatic heterocycles. The van der Waals surface area contributed by atoms with Crippen LogP contribution >= 0.6 is 15.9 Å². The molecule has 1 amide bonds. The molecule has 0 unspecified atom stereocenters. The number of aromatic nitrogens is 3. The second-order valence-corrected chi connectivity index (χ2v) is 5.28. The first-order chi connectivity index (χ1) is 12.7. The molecule has 19 heavy (non-hydrogen) atoms. The fraction of sp³-hybridized carbons (Fsp3) is 0.750. The highest BCUT2D eigenvalue weighted by Gasteiger charge is 2.28. The molecule has 1 aliphatic rings. The quantitative estimate of drug-likeness (QED) is 0.788. The molecule has 2 heterocycles. The van der Waals surface area contributed by atoms with Gasteiger partial charge in [0.05, 0.1) is 14.9 Å². The molecule has 2 rings (SSSR count). The van der Waals surface area contributed by atoms with Crippen LogP contribution in [0.15, 0.2) is 10.8 Å². The van der Waals surface area contributed by atoms with Crippen LogP contribution in [-0.4, -0.2) is 44.6 Å². The van der Waals surface area contributed by atoms with Crippen molar-refractivity contribution in [1.29, 1.82) is 0 Å². The van der Waals surface area contributed by atoms with Crippen LogP contribution in [-0.2, 0) is 4.74 Å². The van der Waals surface area contributed by atoms with E-state index in [-0.39, 0.29) is 14.3 Å². The monoisotopic (exact) mass is 340 g/mol. The number of nitrogens with zero attached hydrogens (tertiary/aromatic N) is 4. The Morgan fingerprint density at radius 2 is 2.26 bits per heavy atom. The molecule has 0 saturated carbocycles. The third kappa shape index (κ3) is 3.92. The molecule has 1 aromatic rings. The van der Waals surface area contributed by atoms with E-state index >= 15 is 0 Å². The Bertz CT molecular complexity index is 790. The first-order valence-electron chi connectivity index (χ1n) is 10.3. The number of carbonyl (C=O) groups excluding carboxylic acids is 1. The molecule has 1 fully saturated rings. The van der Waals surface area contributed by atoms with Gasteiger partial charge in [-0.3, -0.25) is 0 Å². The Labute approximate surface area is 135 Å². The molecule has 0 aliphatic carbocycles. The van der Waals surface area contributed by atoms with Crippen LogP contribution in [0.5, 0.6) is 0 Å². The van der Waals surface area contributed by atoms with Crippen molar-refractivity contribution < 1.29 is 23.2 Å². The Morgan fingerprint density at radius 3 is 2.74 bits per heavy atom. The van der Waals surface area contributed by atoms with E-state index in [1.807, 2.05) is 0 Å². The predicted octanol–water partition coefficient (Wildman–Crippen LogP) is 2.61. The standard InChI is InChI=1S/C12H19BrN4O2/c1-12(2,3)19-11(18)16-6-4-9(5-7-16)17-14-8-10(13)15-17/h8-9H,4-7H2,1-3H3/i4D2,5D2,6D2,7D2,8D,9D. The van der Waals surface area contributed by atoms with Gasteiger partial charge >= 0.3 is 6.09 Å². The van der Waals surface area contributed by atoms with Crippen LogP contribution in [0.4, 0.5) is 4.79 Å². The lowest BCUT2D eigenvalue weighted by Crippen LogP contribution is -2.42. The van der Waals surface area contributed by atoms with Gasteiger partial charge in [-0.05, 0) is 49.4 Å². The normalized spacial score (nSPS) is 37.6. The molecule has 0 aromatic carbocycles. The van der Waals surface area contributed by atoms with Crippen molar-refractivity contribution in [3.63, 3.8) is 0 Å². The Balaban J connectivity index is 2.81. The van der Waals surface area contributed by atoms with Crippen molar-refractivity contribution in [3.8, 4) is 0 Å². The van der Waals surface area contributed by atoms with E-state index in [1.54, 1.807) is 0 Å². The Kier molecular flexibility index (Phi) is 1.76. The van der Waals surface area contributed by atoms with Gasteiger partial charge in [-0.1, -0.05) is 0 Å². The van der Waals surface area contributed by atoms with Gasteiger partial charge in [0, 0.05) is 24.0 Å². The highest BCUT2D eigenvalue weighted by Crippen LogP contribution is 2.23. The minimum atomic E-state index is -3.60. The summed E-state index contributed by atoms with van der Waals surface area (Å²) in [5, 5.41) is 7.00. The summed E-state index contributed by atoms with van der Waals surface area (Å²) in [5.74, 6) is 0. The number of halogens is 1. The zero-order valence-corrected chi connectivity index (χ0v) is 12.1. The van der Waals surface area contributed by atoms with E-state index in [0.717, 1.165) is 0 Å². The van der Waals surface area contributed by atoms with Gasteiger partial charge in [0.15, 0.2) is 0 Å². The van der Waals surface area contributed by atoms with Crippen molar-refractivity contribution in [2.45, 2.75) is 45.1 Å². The lowest BCUT2D eigenvalue weighted by Gasteiger charge is -2.32. The maximum absolute atomic E-state index is 12.6. The number of ether oxygens (including phenoxy) is 1. The summed E-state index contributed by atoms with van der Waals surface area (Å²) in [7, 11) is 0. The van der Waals surface area contributed by atoms with E-state index in [0.29, 0.717) is 0 Å². The van der Waals surface area contributed by atoms with Crippen molar-refractivity contribution >= 4 is 22.0 Å². The minimum absolute atomic E-state index is 0.113. The fourth-order valence-corrected chi connectivity index (χ4v) is 1.32. The largest absolute Gasteiger partial charge is 0.444 e. The van der Waals surface area contributed by atoms with E-state index in [4.69, 9.17) is 18.4 Å². The summed E-state index contributed by atoms with van der Waals surface area (Å²) in [5.41, 5.74) is -1.22. The number of piperidine rings is 1. The second kappa shape index (κ2) is 5.48. The Hall–Kier alpha value is -1.11. The maximum Gasteiger partial charge on any atom is 0.410 e. The molecule has 0 spiro atoms. The summed E-state index contributed by atoms with van der Waals surface area (Å²) in [6, 6.07) is -3.45. The van der Waals surface area contributed by atoms with Crippen LogP contribution in [0.25, 0.3) is 0 Å². The lowest BCUT2D eigenvalue weighted by atomic mass is 10.1. The van der Waals surface area contributed by atoms with Crippen molar-refractivity contribution in [2.75, 3.05) is 13.0 Å². The number of carbonyl (C=O) groups is 1. The van der Waals surface area contributed by atoms with Gasteiger partial charge in [0.1, 0.15) is 10.2 Å². The van der Waals surface area contributed by atoms with Gasteiger partial charge in [0.2, 0.25) is 0 Å². The zero-order chi connectivity index (χ0) is 23.0. The Morgan fingerprint density at radius 1 is 1.63 bits per heavy atom. The van der Waals surface area contributed by atoms with Crippen molar-refractivity contribution in [3.05, 3.63) is 10.8 Å². The van der Waals surface area contributed by atoms with E-state index in [2.05, 4.69) is 26.1 Å². The molecule has 0 radical (unpaired) electrons. The summed E-state index contributed by atoms with van der Waals surface area (Å²) >= 11 is 2.82. The van der Waals surface area contributed by atoms with Crippen LogP contribution < -0.4 is 0 Å². The fourth-order valence-electron chi connectivity index (χ4n) is 1.09. The predicted molar refractivity (Wildman–Crippen MR) is 73.8 cm³/mol. The number of hydrogen-bond donors (Lipinski definition) is 0. The first-order valence-corrected chi connectivity index (χ1v) is 6.09. The van der Waals surface area contributed by atoms with Gasteiger partial charge in [-0.25, -0.2) is 4.79 Å². The van der Waals surface area contributed by atoms with Crippen molar-refractivity contribution in [1.82, 2.24) is 19.9 Å². The molecule has 0 bridgehead atoms. The van der Waals surface area contributed by atoms with Crippen LogP contribution in [0.3, 0.4) is 0 Å². The van der Waals surface area contributed by atoms with Gasteiger partial charge < -0.3 is 9.64 Å². The first kappa shape index (κ1) is 6.11. The molecule has 6 nitrogen and oxygen atoms in total. The second-order valence-electron chi connectivity index (χ2n) is 4.53. The molecule has 1 aliphatic heterocycles. The number of likely N-dealkylation sites (tertiary alicyclic amines) is 1. The molecule has 0 atom stereocenters.